The van der Waals surface area contributed by atoms with E-state index in [1.165, 1.54) is 6.20 Å². The molecule has 0 amide bonds. The Morgan fingerprint density at radius 2 is 2.16 bits per heavy atom. The predicted octanol–water partition coefficient (Wildman–Crippen LogP) is 2.25. The molecule has 2 N–H and O–H groups in total. The Bertz CT molecular complexity index is 617. The van der Waals surface area contributed by atoms with Crippen molar-refractivity contribution in [1.29, 1.82) is 0 Å². The number of aromatic nitrogens is 2. The molecule has 5 heteroatoms. The van der Waals surface area contributed by atoms with Gasteiger partial charge in [0.1, 0.15) is 11.4 Å². The smallest absolute Gasteiger partial charge is 0.343 e. The van der Waals surface area contributed by atoms with Crippen LogP contribution in [0.5, 0.6) is 0 Å². The molecule has 5 nitrogen and oxygen atoms in total. The van der Waals surface area contributed by atoms with Crippen molar-refractivity contribution in [3.63, 3.8) is 0 Å². The van der Waals surface area contributed by atoms with Gasteiger partial charge >= 0.3 is 5.97 Å². The van der Waals surface area contributed by atoms with E-state index in [2.05, 4.69) is 5.10 Å². The van der Waals surface area contributed by atoms with Crippen LogP contribution in [0.3, 0.4) is 0 Å². The zero-order chi connectivity index (χ0) is 14.0. The van der Waals surface area contributed by atoms with Crippen molar-refractivity contribution in [3.8, 4) is 5.69 Å². The summed E-state index contributed by atoms with van der Waals surface area (Å²) >= 11 is 0. The van der Waals surface area contributed by atoms with Crippen LogP contribution in [0.2, 0.25) is 0 Å². The van der Waals surface area contributed by atoms with E-state index in [9.17, 15) is 4.79 Å². The first-order valence-electron chi connectivity index (χ1n) is 6.12. The van der Waals surface area contributed by atoms with Crippen LogP contribution >= 0.6 is 0 Å². The van der Waals surface area contributed by atoms with Gasteiger partial charge in [0.25, 0.3) is 0 Å². The van der Waals surface area contributed by atoms with Gasteiger partial charge in [-0.25, -0.2) is 9.48 Å². The SMILES string of the molecule is CCOC(=O)c1cnn(-c2cc(C)ccc2C)c1N. The maximum Gasteiger partial charge on any atom is 0.343 e. The van der Waals surface area contributed by atoms with Crippen LogP contribution in [-0.4, -0.2) is 22.4 Å². The third kappa shape index (κ3) is 2.45. The first kappa shape index (κ1) is 13.1. The van der Waals surface area contributed by atoms with Gasteiger partial charge in [0.05, 0.1) is 18.5 Å². The third-order valence-electron chi connectivity index (χ3n) is 2.89. The molecule has 0 unspecified atom stereocenters. The molecule has 0 aliphatic carbocycles. The first-order valence-corrected chi connectivity index (χ1v) is 6.12. The Kier molecular flexibility index (Phi) is 3.55. The fourth-order valence-electron chi connectivity index (χ4n) is 1.86. The van der Waals surface area contributed by atoms with Gasteiger partial charge in [0.2, 0.25) is 0 Å². The molecule has 0 radical (unpaired) electrons. The van der Waals surface area contributed by atoms with Gasteiger partial charge in [-0.05, 0) is 38.0 Å². The number of nitrogen functional groups attached to an aromatic ring is 1. The molecule has 1 aromatic carbocycles. The Morgan fingerprint density at radius 3 is 2.84 bits per heavy atom. The van der Waals surface area contributed by atoms with Crippen LogP contribution in [0.4, 0.5) is 5.82 Å². The van der Waals surface area contributed by atoms with E-state index in [4.69, 9.17) is 10.5 Å². The van der Waals surface area contributed by atoms with Crippen molar-refractivity contribution in [2.24, 2.45) is 0 Å². The number of ether oxygens (including phenoxy) is 1. The molecule has 0 aliphatic rings. The lowest BCUT2D eigenvalue weighted by Gasteiger charge is -2.09. The van der Waals surface area contributed by atoms with E-state index in [0.717, 1.165) is 16.8 Å². The lowest BCUT2D eigenvalue weighted by molar-refractivity contribution is 0.0527. The number of hydrogen-bond acceptors (Lipinski definition) is 4. The highest BCUT2D eigenvalue weighted by molar-refractivity contribution is 5.94. The predicted molar refractivity (Wildman–Crippen MR) is 73.4 cm³/mol. The van der Waals surface area contributed by atoms with E-state index in [1.807, 2.05) is 32.0 Å². The summed E-state index contributed by atoms with van der Waals surface area (Å²) in [6.45, 7) is 6.03. The van der Waals surface area contributed by atoms with E-state index in [0.29, 0.717) is 18.0 Å². The van der Waals surface area contributed by atoms with Crippen molar-refractivity contribution in [1.82, 2.24) is 9.78 Å². The molecule has 0 bridgehead atoms. The fraction of sp³-hybridized carbons (Fsp3) is 0.286. The minimum atomic E-state index is -0.448. The summed E-state index contributed by atoms with van der Waals surface area (Å²) in [6, 6.07) is 5.99. The second-order valence-corrected chi connectivity index (χ2v) is 4.37. The van der Waals surface area contributed by atoms with E-state index >= 15 is 0 Å². The first-order chi connectivity index (χ1) is 9.04. The largest absolute Gasteiger partial charge is 0.462 e. The number of carbonyl (C=O) groups is 1. The van der Waals surface area contributed by atoms with Crippen LogP contribution in [0.25, 0.3) is 5.69 Å². The van der Waals surface area contributed by atoms with Gasteiger partial charge in [-0.1, -0.05) is 12.1 Å². The number of carbonyl (C=O) groups excluding carboxylic acids is 1. The zero-order valence-corrected chi connectivity index (χ0v) is 11.3. The van der Waals surface area contributed by atoms with Crippen molar-refractivity contribution in [2.75, 3.05) is 12.3 Å². The van der Waals surface area contributed by atoms with Crippen LogP contribution in [0.15, 0.2) is 24.4 Å². The average molecular weight is 259 g/mol. The summed E-state index contributed by atoms with van der Waals surface area (Å²) in [5.41, 5.74) is 9.29. The summed E-state index contributed by atoms with van der Waals surface area (Å²) in [7, 11) is 0. The Hall–Kier alpha value is -2.30. The fourth-order valence-corrected chi connectivity index (χ4v) is 1.86. The number of anilines is 1. The van der Waals surface area contributed by atoms with Crippen molar-refractivity contribution >= 4 is 11.8 Å². The zero-order valence-electron chi connectivity index (χ0n) is 11.3. The minimum Gasteiger partial charge on any atom is -0.462 e. The van der Waals surface area contributed by atoms with Gasteiger partial charge in [-0.2, -0.15) is 5.10 Å². The van der Waals surface area contributed by atoms with Crippen LogP contribution in [0, 0.1) is 13.8 Å². The highest BCUT2D eigenvalue weighted by Gasteiger charge is 2.17. The van der Waals surface area contributed by atoms with Gasteiger partial charge in [-0.15, -0.1) is 0 Å². The number of nitrogens with two attached hydrogens (primary N) is 1. The summed E-state index contributed by atoms with van der Waals surface area (Å²) in [5.74, 6) is -0.149. The second-order valence-electron chi connectivity index (χ2n) is 4.37. The Balaban J connectivity index is 2.47. The molecule has 100 valence electrons. The molecule has 0 fully saturated rings. The van der Waals surface area contributed by atoms with E-state index in [-0.39, 0.29) is 0 Å². The van der Waals surface area contributed by atoms with Crippen molar-refractivity contribution < 1.29 is 9.53 Å². The highest BCUT2D eigenvalue weighted by atomic mass is 16.5. The molecule has 2 rings (SSSR count). The Morgan fingerprint density at radius 1 is 1.42 bits per heavy atom. The molecule has 1 heterocycles. The summed E-state index contributed by atoms with van der Waals surface area (Å²) < 4.78 is 6.50. The normalized spacial score (nSPS) is 10.5. The van der Waals surface area contributed by atoms with Crippen LogP contribution in [0.1, 0.15) is 28.4 Å². The third-order valence-corrected chi connectivity index (χ3v) is 2.89. The average Bonchev–Trinajstić information content (AvgIpc) is 2.74. The topological polar surface area (TPSA) is 70.1 Å². The summed E-state index contributed by atoms with van der Waals surface area (Å²) in [5, 5.41) is 4.18. The summed E-state index contributed by atoms with van der Waals surface area (Å²) in [4.78, 5) is 11.7. The van der Waals surface area contributed by atoms with Crippen LogP contribution < -0.4 is 5.73 Å². The van der Waals surface area contributed by atoms with Gasteiger partial charge < -0.3 is 10.5 Å². The van der Waals surface area contributed by atoms with E-state index in [1.54, 1.807) is 11.6 Å². The lowest BCUT2D eigenvalue weighted by Crippen LogP contribution is -2.09. The standard InChI is InChI=1S/C14H17N3O2/c1-4-19-14(18)11-8-16-17(13(11)15)12-7-9(2)5-6-10(12)3/h5-8H,4,15H2,1-3H3. The molecule has 1 aromatic heterocycles. The van der Waals surface area contributed by atoms with Gasteiger partial charge in [-0.3, -0.25) is 0 Å². The molecule has 19 heavy (non-hydrogen) atoms. The van der Waals surface area contributed by atoms with Crippen molar-refractivity contribution in [2.45, 2.75) is 20.8 Å². The summed E-state index contributed by atoms with van der Waals surface area (Å²) in [6.07, 6.45) is 1.44. The number of benzene rings is 1. The maximum atomic E-state index is 11.7. The molecule has 0 atom stereocenters. The van der Waals surface area contributed by atoms with E-state index < -0.39 is 5.97 Å². The van der Waals surface area contributed by atoms with Gasteiger partial charge in [0, 0.05) is 0 Å². The molecule has 2 aromatic rings. The monoisotopic (exact) mass is 259 g/mol. The second kappa shape index (κ2) is 5.14. The molecule has 0 saturated carbocycles. The van der Waals surface area contributed by atoms with Gasteiger partial charge in [0.15, 0.2) is 0 Å². The number of rotatable bonds is 3. The Labute approximate surface area is 112 Å². The van der Waals surface area contributed by atoms with Crippen molar-refractivity contribution in [3.05, 3.63) is 41.1 Å². The molecule has 0 saturated heterocycles. The molecule has 0 aliphatic heterocycles. The number of esters is 1. The molecule has 0 spiro atoms. The minimum absolute atomic E-state index is 0.294. The molecular formula is C14H17N3O2. The highest BCUT2D eigenvalue weighted by Crippen LogP contribution is 2.21. The molecular weight excluding hydrogens is 242 g/mol. The lowest BCUT2D eigenvalue weighted by atomic mass is 10.1. The number of hydrogen-bond donors (Lipinski definition) is 1. The maximum absolute atomic E-state index is 11.7. The quantitative estimate of drug-likeness (QED) is 0.858. The number of aryl methyl sites for hydroxylation is 2. The van der Waals surface area contributed by atoms with Crippen LogP contribution in [-0.2, 0) is 4.74 Å². The number of nitrogens with zero attached hydrogens (tertiary/aromatic N) is 2.